The number of nitrogens with zero attached hydrogens (tertiary/aromatic N) is 3. The van der Waals surface area contributed by atoms with E-state index in [-0.39, 0.29) is 11.4 Å². The van der Waals surface area contributed by atoms with Crippen LogP contribution in [0.2, 0.25) is 0 Å². The Morgan fingerprint density at radius 1 is 1.15 bits per heavy atom. The van der Waals surface area contributed by atoms with Crippen LogP contribution in [0.25, 0.3) is 22.2 Å². The molecule has 0 saturated heterocycles. The van der Waals surface area contributed by atoms with Crippen molar-refractivity contribution in [1.29, 1.82) is 0 Å². The molecular formula is C25H26N4O4. The van der Waals surface area contributed by atoms with E-state index in [4.69, 9.17) is 9.26 Å². The fraction of sp³-hybridized carbons (Fsp3) is 0.280. The van der Waals surface area contributed by atoms with E-state index in [1.807, 2.05) is 63.2 Å². The molecule has 1 amide bonds. The summed E-state index contributed by atoms with van der Waals surface area (Å²) in [5, 5.41) is 12.1. The SMILES string of the molecule is CC[C@H](C(=O)Nc1cccc(C)c1C)n1nc(-c2ccc(OC)cc2)c2c(C)onc2c1=O. The Morgan fingerprint density at radius 2 is 1.88 bits per heavy atom. The van der Waals surface area contributed by atoms with Gasteiger partial charge in [-0.2, -0.15) is 5.10 Å². The highest BCUT2D eigenvalue weighted by atomic mass is 16.5. The predicted octanol–water partition coefficient (Wildman–Crippen LogP) is 4.58. The highest BCUT2D eigenvalue weighted by Gasteiger charge is 2.26. The number of anilines is 1. The number of carbonyl (C=O) groups is 1. The predicted molar refractivity (Wildman–Crippen MR) is 127 cm³/mol. The molecule has 0 fully saturated rings. The number of aromatic nitrogens is 3. The molecule has 1 N–H and O–H groups in total. The Morgan fingerprint density at radius 3 is 2.55 bits per heavy atom. The van der Waals surface area contributed by atoms with Crippen molar-refractivity contribution in [3.63, 3.8) is 0 Å². The van der Waals surface area contributed by atoms with Gasteiger partial charge in [-0.3, -0.25) is 9.59 Å². The van der Waals surface area contributed by atoms with Crippen LogP contribution in [0.3, 0.4) is 0 Å². The van der Waals surface area contributed by atoms with E-state index in [1.165, 1.54) is 4.68 Å². The topological polar surface area (TPSA) is 99.2 Å². The number of methoxy groups -OCH3 is 1. The first-order valence-electron chi connectivity index (χ1n) is 10.8. The van der Waals surface area contributed by atoms with Gasteiger partial charge in [-0.1, -0.05) is 24.2 Å². The smallest absolute Gasteiger partial charge is 0.297 e. The average Bonchev–Trinajstić information content (AvgIpc) is 3.21. The third-order valence-electron chi connectivity index (χ3n) is 5.93. The number of hydrogen-bond acceptors (Lipinski definition) is 6. The minimum atomic E-state index is -0.823. The molecule has 2 aromatic carbocycles. The second-order valence-electron chi connectivity index (χ2n) is 7.95. The quantitative estimate of drug-likeness (QED) is 0.466. The number of aryl methyl sites for hydroxylation is 2. The Kier molecular flexibility index (Phi) is 6.00. The van der Waals surface area contributed by atoms with Gasteiger partial charge in [0.25, 0.3) is 5.56 Å². The maximum Gasteiger partial charge on any atom is 0.297 e. The standard InChI is InChI=1S/C25H26N4O4/c1-6-20(24(30)26-19-9-7-8-14(2)15(19)3)29-25(31)23-21(16(4)33-28-23)22(27-29)17-10-12-18(32-5)13-11-17/h7-13,20H,6H2,1-5H3,(H,26,30)/t20-/m1/s1. The number of nitrogens with one attached hydrogen (secondary N) is 1. The van der Waals surface area contributed by atoms with Gasteiger partial charge in [-0.15, -0.1) is 0 Å². The van der Waals surface area contributed by atoms with Crippen molar-refractivity contribution >= 4 is 22.5 Å². The number of carbonyl (C=O) groups excluding carboxylic acids is 1. The summed E-state index contributed by atoms with van der Waals surface area (Å²) in [5.74, 6) is 0.867. The molecule has 4 rings (SSSR count). The zero-order valence-corrected chi connectivity index (χ0v) is 19.3. The van der Waals surface area contributed by atoms with Crippen molar-refractivity contribution in [1.82, 2.24) is 14.9 Å². The van der Waals surface area contributed by atoms with E-state index in [1.54, 1.807) is 14.0 Å². The molecule has 0 aliphatic carbocycles. The van der Waals surface area contributed by atoms with Crippen molar-refractivity contribution in [2.45, 2.75) is 40.2 Å². The molecule has 0 radical (unpaired) electrons. The van der Waals surface area contributed by atoms with Crippen molar-refractivity contribution in [2.75, 3.05) is 12.4 Å². The highest BCUT2D eigenvalue weighted by Crippen LogP contribution is 2.29. The molecule has 0 aliphatic rings. The summed E-state index contributed by atoms with van der Waals surface area (Å²) in [6, 6.07) is 12.2. The lowest BCUT2D eigenvalue weighted by Crippen LogP contribution is -2.35. The normalized spacial score (nSPS) is 12.0. The maximum atomic E-state index is 13.3. The molecule has 0 bridgehead atoms. The third kappa shape index (κ3) is 4.00. The van der Waals surface area contributed by atoms with Crippen LogP contribution in [0.4, 0.5) is 5.69 Å². The lowest BCUT2D eigenvalue weighted by Gasteiger charge is -2.19. The first-order valence-corrected chi connectivity index (χ1v) is 10.8. The van der Waals surface area contributed by atoms with Gasteiger partial charge in [-0.25, -0.2) is 4.68 Å². The second-order valence-corrected chi connectivity index (χ2v) is 7.95. The first-order chi connectivity index (χ1) is 15.8. The molecule has 4 aromatic rings. The first kappa shape index (κ1) is 22.3. The van der Waals surface area contributed by atoms with Crippen LogP contribution in [0.15, 0.2) is 51.8 Å². The minimum Gasteiger partial charge on any atom is -0.497 e. The van der Waals surface area contributed by atoms with Crippen molar-refractivity contribution in [2.24, 2.45) is 0 Å². The van der Waals surface area contributed by atoms with Crippen LogP contribution in [0.1, 0.15) is 36.3 Å². The monoisotopic (exact) mass is 446 g/mol. The zero-order valence-electron chi connectivity index (χ0n) is 19.3. The van der Waals surface area contributed by atoms with Crippen molar-refractivity contribution in [3.05, 3.63) is 69.7 Å². The largest absolute Gasteiger partial charge is 0.497 e. The third-order valence-corrected chi connectivity index (χ3v) is 5.93. The Labute approximate surface area is 191 Å². The summed E-state index contributed by atoms with van der Waals surface area (Å²) < 4.78 is 11.8. The number of amides is 1. The maximum absolute atomic E-state index is 13.3. The summed E-state index contributed by atoms with van der Waals surface area (Å²) in [7, 11) is 1.59. The van der Waals surface area contributed by atoms with Crippen LogP contribution in [-0.2, 0) is 4.79 Å². The number of hydrogen-bond donors (Lipinski definition) is 1. The lowest BCUT2D eigenvalue weighted by molar-refractivity contribution is -0.119. The second kappa shape index (κ2) is 8.90. The van der Waals surface area contributed by atoms with Gasteiger partial charge < -0.3 is 14.6 Å². The molecule has 0 unspecified atom stereocenters. The summed E-state index contributed by atoms with van der Waals surface area (Å²) in [6.45, 7) is 7.50. The molecule has 0 spiro atoms. The summed E-state index contributed by atoms with van der Waals surface area (Å²) >= 11 is 0. The van der Waals surface area contributed by atoms with E-state index in [0.717, 1.165) is 16.7 Å². The van der Waals surface area contributed by atoms with E-state index < -0.39 is 11.6 Å². The van der Waals surface area contributed by atoms with E-state index in [2.05, 4.69) is 15.6 Å². The van der Waals surface area contributed by atoms with Gasteiger partial charge in [0.15, 0.2) is 5.52 Å². The molecule has 0 aliphatic heterocycles. The highest BCUT2D eigenvalue weighted by molar-refractivity contribution is 5.96. The minimum absolute atomic E-state index is 0.145. The molecule has 1 atom stereocenters. The summed E-state index contributed by atoms with van der Waals surface area (Å²) in [4.78, 5) is 26.5. The summed E-state index contributed by atoms with van der Waals surface area (Å²) in [5.41, 5.74) is 3.70. The molecule has 2 aromatic heterocycles. The number of rotatable bonds is 6. The zero-order chi connectivity index (χ0) is 23.7. The molecule has 8 heteroatoms. The van der Waals surface area contributed by atoms with Crippen molar-refractivity contribution in [3.8, 4) is 17.0 Å². The van der Waals surface area contributed by atoms with E-state index in [9.17, 15) is 9.59 Å². The van der Waals surface area contributed by atoms with Gasteiger partial charge in [0.1, 0.15) is 23.2 Å². The summed E-state index contributed by atoms with van der Waals surface area (Å²) in [6.07, 6.45) is 0.369. The number of fused-ring (bicyclic) bond motifs is 1. The van der Waals surface area contributed by atoms with Crippen LogP contribution in [0, 0.1) is 20.8 Å². The van der Waals surface area contributed by atoms with Gasteiger partial charge in [0, 0.05) is 11.3 Å². The Hall–Kier alpha value is -3.94. The van der Waals surface area contributed by atoms with E-state index >= 15 is 0 Å². The van der Waals surface area contributed by atoms with Crippen LogP contribution >= 0.6 is 0 Å². The molecule has 2 heterocycles. The molecular weight excluding hydrogens is 420 g/mol. The van der Waals surface area contributed by atoms with Gasteiger partial charge in [0.2, 0.25) is 5.91 Å². The fourth-order valence-corrected chi connectivity index (χ4v) is 3.84. The molecule has 33 heavy (non-hydrogen) atoms. The van der Waals surface area contributed by atoms with Crippen LogP contribution in [-0.4, -0.2) is 28.0 Å². The molecule has 170 valence electrons. The number of ether oxygens (including phenoxy) is 1. The number of benzene rings is 2. The van der Waals surface area contributed by atoms with Gasteiger partial charge >= 0.3 is 0 Å². The van der Waals surface area contributed by atoms with Crippen LogP contribution < -0.4 is 15.6 Å². The van der Waals surface area contributed by atoms with E-state index in [0.29, 0.717) is 34.7 Å². The van der Waals surface area contributed by atoms with Crippen molar-refractivity contribution < 1.29 is 14.1 Å². The van der Waals surface area contributed by atoms with Gasteiger partial charge in [-0.05, 0) is 68.7 Å². The van der Waals surface area contributed by atoms with Crippen LogP contribution in [0.5, 0.6) is 5.75 Å². The average molecular weight is 447 g/mol. The Bertz CT molecular complexity index is 1390. The fourth-order valence-electron chi connectivity index (χ4n) is 3.84. The van der Waals surface area contributed by atoms with Gasteiger partial charge in [0.05, 0.1) is 12.5 Å². The molecule has 0 saturated carbocycles. The molecule has 8 nitrogen and oxygen atoms in total. The Balaban J connectivity index is 1.83. The lowest BCUT2D eigenvalue weighted by atomic mass is 10.1.